The van der Waals surface area contributed by atoms with E-state index in [0.29, 0.717) is 22.9 Å². The van der Waals surface area contributed by atoms with Gasteiger partial charge in [-0.05, 0) is 42.3 Å². The first-order valence-corrected chi connectivity index (χ1v) is 8.96. The third-order valence-corrected chi connectivity index (χ3v) is 4.63. The lowest BCUT2D eigenvalue weighted by molar-refractivity contribution is 0.379. The molecule has 0 saturated heterocycles. The molecular weight excluding hydrogens is 314 g/mol. The zero-order chi connectivity index (χ0) is 16.9. The maximum Gasteiger partial charge on any atom is 0.232 e. The summed E-state index contributed by atoms with van der Waals surface area (Å²) in [6.45, 7) is 3.73. The molecule has 0 unspecified atom stereocenters. The van der Waals surface area contributed by atoms with Crippen molar-refractivity contribution in [2.24, 2.45) is 5.92 Å². The molecule has 0 fully saturated rings. The number of hydrogen-bond donors (Lipinski definition) is 1. The number of para-hydroxylation sites is 2. The summed E-state index contributed by atoms with van der Waals surface area (Å²) in [5, 5.41) is 0. The number of rotatable bonds is 7. The van der Waals surface area contributed by atoms with E-state index in [1.807, 2.05) is 32.0 Å². The maximum atomic E-state index is 11.9. The van der Waals surface area contributed by atoms with Gasteiger partial charge in [0.1, 0.15) is 5.75 Å². The molecule has 2 aromatic carbocycles. The minimum absolute atomic E-state index is 0.0700. The lowest BCUT2D eigenvalue weighted by atomic mass is 10.3. The Morgan fingerprint density at radius 1 is 1.00 bits per heavy atom. The van der Waals surface area contributed by atoms with Gasteiger partial charge in [-0.1, -0.05) is 26.0 Å². The van der Waals surface area contributed by atoms with E-state index < -0.39 is 10.0 Å². The van der Waals surface area contributed by atoms with Crippen LogP contribution in [0.5, 0.6) is 17.2 Å². The Hall–Kier alpha value is -2.21. The lowest BCUT2D eigenvalue weighted by Gasteiger charge is -2.12. The van der Waals surface area contributed by atoms with E-state index in [0.717, 1.165) is 0 Å². The second kappa shape index (κ2) is 7.37. The molecule has 0 aliphatic heterocycles. The van der Waals surface area contributed by atoms with E-state index in [-0.39, 0.29) is 11.7 Å². The number of methoxy groups -OCH3 is 1. The Kier molecular flexibility index (Phi) is 5.50. The van der Waals surface area contributed by atoms with Crippen LogP contribution in [-0.2, 0) is 10.0 Å². The van der Waals surface area contributed by atoms with Gasteiger partial charge >= 0.3 is 0 Å². The van der Waals surface area contributed by atoms with Crippen molar-refractivity contribution in [2.45, 2.75) is 13.8 Å². The molecule has 0 aliphatic rings. The normalized spacial score (nSPS) is 11.3. The predicted octanol–water partition coefficient (Wildman–Crippen LogP) is 3.89. The molecule has 1 N–H and O–H groups in total. The van der Waals surface area contributed by atoms with E-state index in [4.69, 9.17) is 9.47 Å². The number of benzene rings is 2. The highest BCUT2D eigenvalue weighted by Gasteiger charge is 2.13. The topological polar surface area (TPSA) is 64.6 Å². The Balaban J connectivity index is 2.08. The average Bonchev–Trinajstić information content (AvgIpc) is 2.48. The van der Waals surface area contributed by atoms with Gasteiger partial charge in [0.2, 0.25) is 10.0 Å². The largest absolute Gasteiger partial charge is 0.493 e. The molecule has 23 heavy (non-hydrogen) atoms. The van der Waals surface area contributed by atoms with Crippen molar-refractivity contribution in [3.63, 3.8) is 0 Å². The van der Waals surface area contributed by atoms with Crippen LogP contribution in [0.15, 0.2) is 48.5 Å². The van der Waals surface area contributed by atoms with Crippen molar-refractivity contribution in [1.82, 2.24) is 0 Å². The summed E-state index contributed by atoms with van der Waals surface area (Å²) >= 11 is 0. The van der Waals surface area contributed by atoms with E-state index in [1.165, 1.54) is 0 Å². The van der Waals surface area contributed by atoms with Crippen molar-refractivity contribution in [2.75, 3.05) is 17.6 Å². The molecule has 0 radical (unpaired) electrons. The summed E-state index contributed by atoms with van der Waals surface area (Å²) in [5.74, 6) is 1.99. The first-order valence-electron chi connectivity index (χ1n) is 7.31. The van der Waals surface area contributed by atoms with Crippen LogP contribution in [-0.4, -0.2) is 21.3 Å². The molecule has 0 heterocycles. The molecule has 6 heteroatoms. The van der Waals surface area contributed by atoms with Crippen molar-refractivity contribution in [1.29, 1.82) is 0 Å². The molecular formula is C17H21NO4S. The fourth-order valence-electron chi connectivity index (χ4n) is 2.08. The van der Waals surface area contributed by atoms with E-state index in [1.54, 1.807) is 37.4 Å². The minimum Gasteiger partial charge on any atom is -0.493 e. The van der Waals surface area contributed by atoms with Crippen LogP contribution in [0.1, 0.15) is 13.8 Å². The fraction of sp³-hybridized carbons (Fsp3) is 0.294. The highest BCUT2D eigenvalue weighted by atomic mass is 32.2. The van der Waals surface area contributed by atoms with Crippen molar-refractivity contribution in [3.8, 4) is 17.2 Å². The molecule has 0 amide bonds. The van der Waals surface area contributed by atoms with Gasteiger partial charge in [0.25, 0.3) is 0 Å². The number of nitrogens with one attached hydrogen (secondary N) is 1. The Morgan fingerprint density at radius 3 is 2.17 bits per heavy atom. The lowest BCUT2D eigenvalue weighted by Crippen LogP contribution is -2.19. The second-order valence-electron chi connectivity index (χ2n) is 5.55. The van der Waals surface area contributed by atoms with Gasteiger partial charge in [0.15, 0.2) is 11.5 Å². The van der Waals surface area contributed by atoms with Gasteiger partial charge in [-0.25, -0.2) is 8.42 Å². The number of hydrogen-bond acceptors (Lipinski definition) is 4. The summed E-state index contributed by atoms with van der Waals surface area (Å²) in [6.07, 6.45) is 0. The fourth-order valence-corrected chi connectivity index (χ4v) is 3.54. The van der Waals surface area contributed by atoms with Crippen LogP contribution in [0.3, 0.4) is 0 Å². The number of sulfonamides is 1. The molecule has 2 rings (SSSR count). The smallest absolute Gasteiger partial charge is 0.232 e. The third-order valence-electron chi connectivity index (χ3n) is 2.98. The summed E-state index contributed by atoms with van der Waals surface area (Å²) < 4.78 is 37.4. The maximum absolute atomic E-state index is 11.9. The average molecular weight is 335 g/mol. The molecule has 0 spiro atoms. The third kappa shape index (κ3) is 5.17. The quantitative estimate of drug-likeness (QED) is 0.834. The van der Waals surface area contributed by atoms with E-state index >= 15 is 0 Å². The summed E-state index contributed by atoms with van der Waals surface area (Å²) in [4.78, 5) is 0. The van der Waals surface area contributed by atoms with Gasteiger partial charge in [0, 0.05) is 5.69 Å². The molecule has 0 aromatic heterocycles. The van der Waals surface area contributed by atoms with E-state index in [2.05, 4.69) is 4.72 Å². The van der Waals surface area contributed by atoms with Crippen LogP contribution in [0.4, 0.5) is 5.69 Å². The van der Waals surface area contributed by atoms with E-state index in [9.17, 15) is 8.42 Å². The van der Waals surface area contributed by atoms with Crippen molar-refractivity contribution >= 4 is 15.7 Å². The summed E-state index contributed by atoms with van der Waals surface area (Å²) in [5.41, 5.74) is 0.512. The standard InChI is InChI=1S/C17H21NO4S/c1-13(2)12-23(19,20)18-14-8-10-15(11-9-14)22-17-7-5-4-6-16(17)21-3/h4-11,13,18H,12H2,1-3H3. The second-order valence-corrected chi connectivity index (χ2v) is 7.32. The number of ether oxygens (including phenoxy) is 2. The molecule has 124 valence electrons. The molecule has 5 nitrogen and oxygen atoms in total. The van der Waals surface area contributed by atoms with Crippen LogP contribution in [0.25, 0.3) is 0 Å². The molecule has 0 aliphatic carbocycles. The van der Waals surface area contributed by atoms with Crippen LogP contribution in [0, 0.1) is 5.92 Å². The van der Waals surface area contributed by atoms with Crippen molar-refractivity contribution in [3.05, 3.63) is 48.5 Å². The van der Waals surface area contributed by atoms with Gasteiger partial charge in [-0.2, -0.15) is 0 Å². The zero-order valence-corrected chi connectivity index (χ0v) is 14.3. The van der Waals surface area contributed by atoms with Crippen LogP contribution in [0.2, 0.25) is 0 Å². The summed E-state index contributed by atoms with van der Waals surface area (Å²) in [6, 6.07) is 14.1. The zero-order valence-electron chi connectivity index (χ0n) is 13.4. The SMILES string of the molecule is COc1ccccc1Oc1ccc(NS(=O)(=O)CC(C)C)cc1. The van der Waals surface area contributed by atoms with Gasteiger partial charge in [0.05, 0.1) is 12.9 Å². The molecule has 0 atom stereocenters. The molecule has 0 saturated carbocycles. The predicted molar refractivity (Wildman–Crippen MR) is 91.8 cm³/mol. The van der Waals surface area contributed by atoms with Gasteiger partial charge in [-0.15, -0.1) is 0 Å². The Labute approximate surface area is 137 Å². The van der Waals surface area contributed by atoms with Gasteiger partial charge in [-0.3, -0.25) is 4.72 Å². The van der Waals surface area contributed by atoms with Crippen molar-refractivity contribution < 1.29 is 17.9 Å². The molecule has 0 bridgehead atoms. The Bertz CT molecular complexity index is 739. The monoisotopic (exact) mass is 335 g/mol. The number of anilines is 1. The summed E-state index contributed by atoms with van der Waals surface area (Å²) in [7, 11) is -1.75. The minimum atomic E-state index is -3.33. The highest BCUT2D eigenvalue weighted by molar-refractivity contribution is 7.92. The van der Waals surface area contributed by atoms with Crippen LogP contribution >= 0.6 is 0 Å². The van der Waals surface area contributed by atoms with Gasteiger partial charge < -0.3 is 9.47 Å². The Morgan fingerprint density at radius 2 is 1.61 bits per heavy atom. The molecule has 2 aromatic rings. The first-order chi connectivity index (χ1) is 10.9. The first kappa shape index (κ1) is 17.1. The highest BCUT2D eigenvalue weighted by Crippen LogP contribution is 2.31. The van der Waals surface area contributed by atoms with Crippen LogP contribution < -0.4 is 14.2 Å².